The van der Waals surface area contributed by atoms with Crippen molar-refractivity contribution in [2.75, 3.05) is 19.5 Å². The Morgan fingerprint density at radius 2 is 2.12 bits per heavy atom. The lowest BCUT2D eigenvalue weighted by molar-refractivity contribution is 0.395. The Balaban J connectivity index is 2.14. The van der Waals surface area contributed by atoms with E-state index >= 15 is 0 Å². The first-order valence-electron chi connectivity index (χ1n) is 5.98. The minimum Gasteiger partial charge on any atom is -0.497 e. The van der Waals surface area contributed by atoms with Crippen LogP contribution in [0.1, 0.15) is 19.3 Å². The maximum atomic E-state index is 5.36. The predicted octanol–water partition coefficient (Wildman–Crippen LogP) is 3.22. The Bertz CT molecular complexity index is 401. The first kappa shape index (κ1) is 11.8. The summed E-state index contributed by atoms with van der Waals surface area (Å²) in [6.45, 7) is 0. The van der Waals surface area contributed by atoms with Crippen molar-refractivity contribution in [2.45, 2.75) is 25.3 Å². The Labute approximate surface area is 102 Å². The highest BCUT2D eigenvalue weighted by Gasteiger charge is 2.11. The second kappa shape index (κ2) is 5.62. The number of hydrogen-bond donors (Lipinski definition) is 1. The zero-order valence-corrected chi connectivity index (χ0v) is 10.4. The van der Waals surface area contributed by atoms with Crippen LogP contribution in [0.2, 0.25) is 0 Å². The molecule has 0 saturated carbocycles. The van der Waals surface area contributed by atoms with Gasteiger partial charge in [-0.2, -0.15) is 0 Å². The predicted molar refractivity (Wildman–Crippen MR) is 69.9 cm³/mol. The lowest BCUT2D eigenvalue weighted by Crippen LogP contribution is -2.18. The van der Waals surface area contributed by atoms with E-state index < -0.39 is 0 Å². The quantitative estimate of drug-likeness (QED) is 0.810. The fourth-order valence-electron chi connectivity index (χ4n) is 2.05. The maximum Gasteiger partial charge on any atom is 0.145 e. The minimum absolute atomic E-state index is 0.408. The molecule has 3 nitrogen and oxygen atoms in total. The Morgan fingerprint density at radius 1 is 1.24 bits per heavy atom. The fraction of sp³-hybridized carbons (Fsp3) is 0.429. The van der Waals surface area contributed by atoms with Gasteiger partial charge in [0, 0.05) is 12.1 Å². The summed E-state index contributed by atoms with van der Waals surface area (Å²) >= 11 is 0. The second-order valence-electron chi connectivity index (χ2n) is 4.18. The van der Waals surface area contributed by atoms with Crippen molar-refractivity contribution >= 4 is 5.69 Å². The van der Waals surface area contributed by atoms with Crippen molar-refractivity contribution in [3.63, 3.8) is 0 Å². The van der Waals surface area contributed by atoms with Gasteiger partial charge in [-0.3, -0.25) is 0 Å². The number of ether oxygens (including phenoxy) is 2. The molecule has 0 radical (unpaired) electrons. The molecule has 0 fully saturated rings. The number of rotatable bonds is 4. The Morgan fingerprint density at radius 3 is 2.76 bits per heavy atom. The number of allylic oxidation sites excluding steroid dienone is 1. The molecule has 17 heavy (non-hydrogen) atoms. The summed E-state index contributed by atoms with van der Waals surface area (Å²) in [5.74, 6) is 1.63. The van der Waals surface area contributed by atoms with Crippen molar-refractivity contribution in [1.82, 2.24) is 0 Å². The molecule has 3 heteroatoms. The van der Waals surface area contributed by atoms with Crippen molar-refractivity contribution in [2.24, 2.45) is 0 Å². The SMILES string of the molecule is COc1ccc(NC2C=CCCC2)c(OC)c1. The third kappa shape index (κ3) is 2.93. The molecule has 0 heterocycles. The summed E-state index contributed by atoms with van der Waals surface area (Å²) in [5.41, 5.74) is 1.02. The molecule has 0 aliphatic heterocycles. The largest absolute Gasteiger partial charge is 0.497 e. The van der Waals surface area contributed by atoms with Crippen molar-refractivity contribution in [3.8, 4) is 11.5 Å². The van der Waals surface area contributed by atoms with Crippen molar-refractivity contribution in [1.29, 1.82) is 0 Å². The van der Waals surface area contributed by atoms with Crippen LogP contribution in [0.15, 0.2) is 30.4 Å². The van der Waals surface area contributed by atoms with E-state index in [4.69, 9.17) is 9.47 Å². The molecule has 0 amide bonds. The lowest BCUT2D eigenvalue weighted by Gasteiger charge is -2.21. The van der Waals surface area contributed by atoms with Crippen molar-refractivity contribution < 1.29 is 9.47 Å². The molecule has 1 aliphatic rings. The van der Waals surface area contributed by atoms with Crippen LogP contribution in [0.4, 0.5) is 5.69 Å². The Hall–Kier alpha value is -1.64. The molecule has 1 atom stereocenters. The fourth-order valence-corrected chi connectivity index (χ4v) is 2.05. The third-order valence-corrected chi connectivity index (χ3v) is 3.00. The highest BCUT2D eigenvalue weighted by molar-refractivity contribution is 5.60. The molecular formula is C14H19NO2. The molecule has 1 aromatic carbocycles. The number of nitrogens with one attached hydrogen (secondary N) is 1. The summed E-state index contributed by atoms with van der Waals surface area (Å²) in [6.07, 6.45) is 8.07. The van der Waals surface area contributed by atoms with Gasteiger partial charge in [0.05, 0.1) is 19.9 Å². The molecule has 1 aromatic rings. The number of anilines is 1. The number of benzene rings is 1. The molecule has 92 valence electrons. The van der Waals surface area contributed by atoms with E-state index in [0.29, 0.717) is 6.04 Å². The van der Waals surface area contributed by atoms with Crippen LogP contribution in [0.25, 0.3) is 0 Å². The summed E-state index contributed by atoms with van der Waals surface area (Å²) in [7, 11) is 3.34. The number of hydrogen-bond acceptors (Lipinski definition) is 3. The molecular weight excluding hydrogens is 214 g/mol. The molecule has 0 saturated heterocycles. The van der Waals surface area contributed by atoms with Crippen LogP contribution in [-0.4, -0.2) is 20.3 Å². The van der Waals surface area contributed by atoms with Gasteiger partial charge < -0.3 is 14.8 Å². The van der Waals surface area contributed by atoms with Gasteiger partial charge in [-0.05, 0) is 31.4 Å². The van der Waals surface area contributed by atoms with E-state index in [1.165, 1.54) is 19.3 Å². The first-order valence-corrected chi connectivity index (χ1v) is 5.98. The molecule has 0 bridgehead atoms. The van der Waals surface area contributed by atoms with Crippen molar-refractivity contribution in [3.05, 3.63) is 30.4 Å². The zero-order chi connectivity index (χ0) is 12.1. The topological polar surface area (TPSA) is 30.5 Å². The van der Waals surface area contributed by atoms with Gasteiger partial charge in [0.2, 0.25) is 0 Å². The average molecular weight is 233 g/mol. The monoisotopic (exact) mass is 233 g/mol. The van der Waals surface area contributed by atoms with Crippen LogP contribution >= 0.6 is 0 Å². The molecule has 1 unspecified atom stereocenters. The zero-order valence-electron chi connectivity index (χ0n) is 10.4. The van der Waals surface area contributed by atoms with Crippen LogP contribution in [0.5, 0.6) is 11.5 Å². The van der Waals surface area contributed by atoms with Gasteiger partial charge in [0.25, 0.3) is 0 Å². The van der Waals surface area contributed by atoms with Gasteiger partial charge >= 0.3 is 0 Å². The smallest absolute Gasteiger partial charge is 0.145 e. The maximum absolute atomic E-state index is 5.36. The lowest BCUT2D eigenvalue weighted by atomic mass is 10.0. The highest BCUT2D eigenvalue weighted by atomic mass is 16.5. The Kier molecular flexibility index (Phi) is 3.91. The van der Waals surface area contributed by atoms with E-state index in [2.05, 4.69) is 17.5 Å². The van der Waals surface area contributed by atoms with Crippen LogP contribution < -0.4 is 14.8 Å². The normalized spacial score (nSPS) is 18.8. The van der Waals surface area contributed by atoms with Crippen LogP contribution in [-0.2, 0) is 0 Å². The molecule has 0 spiro atoms. The standard InChI is InChI=1S/C14H19NO2/c1-16-12-8-9-13(14(10-12)17-2)15-11-6-4-3-5-7-11/h4,6,8-11,15H,3,5,7H2,1-2H3. The molecule has 1 aliphatic carbocycles. The van der Waals surface area contributed by atoms with Crippen LogP contribution in [0.3, 0.4) is 0 Å². The molecule has 1 N–H and O–H groups in total. The summed E-state index contributed by atoms with van der Waals surface area (Å²) in [6, 6.07) is 6.25. The van der Waals surface area contributed by atoms with Gasteiger partial charge in [-0.15, -0.1) is 0 Å². The third-order valence-electron chi connectivity index (χ3n) is 3.00. The van der Waals surface area contributed by atoms with E-state index in [1.807, 2.05) is 18.2 Å². The van der Waals surface area contributed by atoms with E-state index in [1.54, 1.807) is 14.2 Å². The van der Waals surface area contributed by atoms with Crippen LogP contribution in [0, 0.1) is 0 Å². The van der Waals surface area contributed by atoms with Gasteiger partial charge in [-0.1, -0.05) is 12.2 Å². The summed E-state index contributed by atoms with van der Waals surface area (Å²) in [5, 5.41) is 3.48. The summed E-state index contributed by atoms with van der Waals surface area (Å²) in [4.78, 5) is 0. The van der Waals surface area contributed by atoms with Gasteiger partial charge in [0.15, 0.2) is 0 Å². The van der Waals surface area contributed by atoms with E-state index in [0.717, 1.165) is 17.2 Å². The minimum atomic E-state index is 0.408. The second-order valence-corrected chi connectivity index (χ2v) is 4.18. The first-order chi connectivity index (χ1) is 8.33. The number of methoxy groups -OCH3 is 2. The van der Waals surface area contributed by atoms with E-state index in [9.17, 15) is 0 Å². The van der Waals surface area contributed by atoms with Gasteiger partial charge in [-0.25, -0.2) is 0 Å². The average Bonchev–Trinajstić information content (AvgIpc) is 2.40. The molecule has 0 aromatic heterocycles. The molecule has 2 rings (SSSR count). The van der Waals surface area contributed by atoms with Gasteiger partial charge in [0.1, 0.15) is 11.5 Å². The summed E-state index contributed by atoms with van der Waals surface area (Å²) < 4.78 is 10.5. The highest BCUT2D eigenvalue weighted by Crippen LogP contribution is 2.30. The van der Waals surface area contributed by atoms with E-state index in [-0.39, 0.29) is 0 Å².